The van der Waals surface area contributed by atoms with E-state index in [1.807, 2.05) is 0 Å². The minimum atomic E-state index is -4.24. The van der Waals surface area contributed by atoms with Crippen molar-refractivity contribution in [3.8, 4) is 0 Å². The van der Waals surface area contributed by atoms with Crippen LogP contribution < -0.4 is 4.90 Å². The number of benzene rings is 1. The molecule has 2 aliphatic rings. The van der Waals surface area contributed by atoms with Gasteiger partial charge in [-0.3, -0.25) is 14.7 Å². The van der Waals surface area contributed by atoms with E-state index in [-0.39, 0.29) is 36.9 Å². The number of hydrogen-bond donors (Lipinski definition) is 0. The summed E-state index contributed by atoms with van der Waals surface area (Å²) >= 11 is 0. The van der Waals surface area contributed by atoms with Crippen LogP contribution in [0.3, 0.4) is 0 Å². The van der Waals surface area contributed by atoms with Crippen LogP contribution in [0.1, 0.15) is 10.4 Å². The van der Waals surface area contributed by atoms with E-state index in [0.717, 1.165) is 0 Å². The largest absolute Gasteiger partial charge is 0.401 e. The molecule has 1 saturated carbocycles. The molecule has 2 heterocycles. The summed E-state index contributed by atoms with van der Waals surface area (Å²) in [5.41, 5.74) is 0.768. The third kappa shape index (κ3) is 3.66. The van der Waals surface area contributed by atoms with Gasteiger partial charge in [0.2, 0.25) is 0 Å². The van der Waals surface area contributed by atoms with E-state index in [0.29, 0.717) is 11.3 Å². The number of likely N-dealkylation sites (tertiary alicyclic amines) is 1. The van der Waals surface area contributed by atoms with Gasteiger partial charge in [-0.1, -0.05) is 6.07 Å². The number of piperidine rings is 1. The standard InChI is InChI=1S/C19H17F4N3O/c20-13-4-1-5-14(7-13)26(18(27)12-3-2-6-24-8-12)17-15-9-25(10-16(15)17)11-19(21,22)23/h1-8,15-17H,9-11H2/t15-,16+,17?. The summed E-state index contributed by atoms with van der Waals surface area (Å²) in [6, 6.07) is 8.74. The van der Waals surface area contributed by atoms with Crippen molar-refractivity contribution in [3.05, 3.63) is 60.2 Å². The Kier molecular flexibility index (Phi) is 4.38. The van der Waals surface area contributed by atoms with Gasteiger partial charge in [-0.05, 0) is 42.2 Å². The number of halogens is 4. The maximum Gasteiger partial charge on any atom is 0.401 e. The Hall–Kier alpha value is -2.48. The van der Waals surface area contributed by atoms with Gasteiger partial charge in [0.1, 0.15) is 5.82 Å². The minimum Gasteiger partial charge on any atom is -0.304 e. The van der Waals surface area contributed by atoms with Crippen molar-refractivity contribution < 1.29 is 22.4 Å². The molecular formula is C19H17F4N3O. The van der Waals surface area contributed by atoms with Gasteiger partial charge in [0.05, 0.1) is 12.1 Å². The molecule has 0 bridgehead atoms. The Morgan fingerprint density at radius 2 is 1.93 bits per heavy atom. The van der Waals surface area contributed by atoms with Crippen LogP contribution in [-0.4, -0.2) is 47.6 Å². The van der Waals surface area contributed by atoms with Crippen LogP contribution >= 0.6 is 0 Å². The van der Waals surface area contributed by atoms with E-state index < -0.39 is 18.5 Å². The monoisotopic (exact) mass is 379 g/mol. The number of pyridine rings is 1. The second kappa shape index (κ2) is 6.60. The fourth-order valence-electron chi connectivity index (χ4n) is 4.03. The number of anilines is 1. The lowest BCUT2D eigenvalue weighted by atomic mass is 10.2. The first-order chi connectivity index (χ1) is 12.8. The quantitative estimate of drug-likeness (QED) is 0.765. The van der Waals surface area contributed by atoms with E-state index in [1.54, 1.807) is 24.4 Å². The van der Waals surface area contributed by atoms with Gasteiger partial charge in [-0.15, -0.1) is 0 Å². The van der Waals surface area contributed by atoms with Gasteiger partial charge in [-0.25, -0.2) is 4.39 Å². The van der Waals surface area contributed by atoms with Crippen molar-refractivity contribution in [1.82, 2.24) is 9.88 Å². The van der Waals surface area contributed by atoms with Crippen molar-refractivity contribution in [2.45, 2.75) is 12.2 Å². The molecule has 0 spiro atoms. The minimum absolute atomic E-state index is 0.0451. The molecule has 142 valence electrons. The van der Waals surface area contributed by atoms with Crippen LogP contribution in [0, 0.1) is 17.7 Å². The summed E-state index contributed by atoms with van der Waals surface area (Å²) in [4.78, 5) is 19.9. The average molecular weight is 379 g/mol. The van der Waals surface area contributed by atoms with Crippen LogP contribution in [0.25, 0.3) is 0 Å². The maximum absolute atomic E-state index is 13.7. The summed E-state index contributed by atoms with van der Waals surface area (Å²) in [5.74, 6) is -0.885. The predicted octanol–water partition coefficient (Wildman–Crippen LogP) is 3.36. The van der Waals surface area contributed by atoms with Crippen molar-refractivity contribution in [2.24, 2.45) is 11.8 Å². The highest BCUT2D eigenvalue weighted by Gasteiger charge is 2.60. The molecule has 8 heteroatoms. The zero-order chi connectivity index (χ0) is 19.2. The van der Waals surface area contributed by atoms with Gasteiger partial charge in [0.15, 0.2) is 0 Å². The Balaban J connectivity index is 1.57. The maximum atomic E-state index is 13.7. The Morgan fingerprint density at radius 3 is 2.52 bits per heavy atom. The summed E-state index contributed by atoms with van der Waals surface area (Å²) in [6.45, 7) is -0.384. The molecule has 1 aliphatic heterocycles. The molecule has 1 aliphatic carbocycles. The second-order valence-electron chi connectivity index (χ2n) is 7.02. The van der Waals surface area contributed by atoms with E-state index in [9.17, 15) is 22.4 Å². The number of rotatable bonds is 4. The molecule has 27 heavy (non-hydrogen) atoms. The molecule has 1 unspecified atom stereocenters. The van der Waals surface area contributed by atoms with E-state index in [1.165, 1.54) is 34.2 Å². The first-order valence-corrected chi connectivity index (χ1v) is 8.62. The molecule has 1 aromatic carbocycles. The molecule has 1 amide bonds. The molecule has 0 radical (unpaired) electrons. The Bertz CT molecular complexity index is 830. The van der Waals surface area contributed by atoms with Crippen LogP contribution in [0.2, 0.25) is 0 Å². The highest BCUT2D eigenvalue weighted by atomic mass is 19.4. The first kappa shape index (κ1) is 17.9. The lowest BCUT2D eigenvalue weighted by Gasteiger charge is -2.28. The van der Waals surface area contributed by atoms with Crippen molar-refractivity contribution >= 4 is 11.6 Å². The third-order valence-corrected chi connectivity index (χ3v) is 5.14. The van der Waals surface area contributed by atoms with E-state index in [2.05, 4.69) is 4.98 Å². The number of amides is 1. The first-order valence-electron chi connectivity index (χ1n) is 8.62. The number of aromatic nitrogens is 1. The van der Waals surface area contributed by atoms with Crippen molar-refractivity contribution in [1.29, 1.82) is 0 Å². The molecule has 4 rings (SSSR count). The number of fused-ring (bicyclic) bond motifs is 1. The van der Waals surface area contributed by atoms with Gasteiger partial charge < -0.3 is 4.90 Å². The summed E-state index contributed by atoms with van der Waals surface area (Å²) in [7, 11) is 0. The second-order valence-corrected chi connectivity index (χ2v) is 7.02. The lowest BCUT2D eigenvalue weighted by Crippen LogP contribution is -2.41. The highest BCUT2D eigenvalue weighted by Crippen LogP contribution is 2.51. The molecule has 1 aromatic heterocycles. The molecule has 0 N–H and O–H groups in total. The van der Waals surface area contributed by atoms with E-state index in [4.69, 9.17) is 0 Å². The van der Waals surface area contributed by atoms with Crippen LogP contribution in [0.15, 0.2) is 48.8 Å². The Morgan fingerprint density at radius 1 is 1.19 bits per heavy atom. The topological polar surface area (TPSA) is 36.4 Å². The number of alkyl halides is 3. The summed E-state index contributed by atoms with van der Waals surface area (Å²) < 4.78 is 51.6. The molecule has 3 atom stereocenters. The highest BCUT2D eigenvalue weighted by molar-refractivity contribution is 6.06. The third-order valence-electron chi connectivity index (χ3n) is 5.14. The van der Waals surface area contributed by atoms with Gasteiger partial charge in [-0.2, -0.15) is 13.2 Å². The van der Waals surface area contributed by atoms with Crippen LogP contribution in [-0.2, 0) is 0 Å². The normalized spacial score (nSPS) is 24.5. The summed E-state index contributed by atoms with van der Waals surface area (Å²) in [5, 5.41) is 0. The number of carbonyl (C=O) groups excluding carboxylic acids is 1. The fourth-order valence-corrected chi connectivity index (χ4v) is 4.03. The van der Waals surface area contributed by atoms with Gasteiger partial charge in [0, 0.05) is 37.2 Å². The summed E-state index contributed by atoms with van der Waals surface area (Å²) in [6.07, 6.45) is -1.26. The Labute approximate surface area is 153 Å². The zero-order valence-electron chi connectivity index (χ0n) is 14.2. The molecular weight excluding hydrogens is 362 g/mol. The SMILES string of the molecule is O=C(c1cccnc1)N(c1cccc(F)c1)C1[C@H]2CN(CC(F)(F)F)C[C@@H]12. The molecule has 2 fully saturated rings. The molecule has 2 aromatic rings. The van der Waals surface area contributed by atoms with Crippen LogP contribution in [0.5, 0.6) is 0 Å². The predicted molar refractivity (Wildman–Crippen MR) is 90.7 cm³/mol. The number of carbonyl (C=O) groups is 1. The smallest absolute Gasteiger partial charge is 0.304 e. The average Bonchev–Trinajstić information content (AvgIpc) is 3.08. The van der Waals surface area contributed by atoms with Crippen molar-refractivity contribution in [2.75, 3.05) is 24.5 Å². The molecule has 1 saturated heterocycles. The van der Waals surface area contributed by atoms with Gasteiger partial charge >= 0.3 is 6.18 Å². The number of nitrogens with zero attached hydrogens (tertiary/aromatic N) is 3. The van der Waals surface area contributed by atoms with Gasteiger partial charge in [0.25, 0.3) is 5.91 Å². The van der Waals surface area contributed by atoms with Crippen LogP contribution in [0.4, 0.5) is 23.2 Å². The van der Waals surface area contributed by atoms with Crippen molar-refractivity contribution in [3.63, 3.8) is 0 Å². The fraction of sp³-hybridized carbons (Fsp3) is 0.368. The molecule has 4 nitrogen and oxygen atoms in total. The zero-order valence-corrected chi connectivity index (χ0v) is 14.2. The lowest BCUT2D eigenvalue weighted by molar-refractivity contribution is -0.144. The van der Waals surface area contributed by atoms with E-state index >= 15 is 0 Å². The number of hydrogen-bond acceptors (Lipinski definition) is 3.